The van der Waals surface area contributed by atoms with Crippen LogP contribution in [0.15, 0.2) is 12.3 Å². The van der Waals surface area contributed by atoms with Crippen molar-refractivity contribution in [2.75, 3.05) is 25.5 Å². The number of rotatable bonds is 4. The molecule has 1 aliphatic heterocycles. The number of amides is 1. The van der Waals surface area contributed by atoms with E-state index in [2.05, 4.69) is 10.3 Å². The molecule has 0 saturated carbocycles. The van der Waals surface area contributed by atoms with Crippen LogP contribution in [-0.2, 0) is 4.74 Å². The number of nitrogen functional groups attached to an aromatic ring is 1. The van der Waals surface area contributed by atoms with Gasteiger partial charge in [-0.2, -0.15) is 0 Å². The first-order valence-corrected chi connectivity index (χ1v) is 5.84. The van der Waals surface area contributed by atoms with Gasteiger partial charge in [-0.15, -0.1) is 0 Å². The van der Waals surface area contributed by atoms with Crippen molar-refractivity contribution in [3.05, 3.63) is 27.9 Å². The summed E-state index contributed by atoms with van der Waals surface area (Å²) < 4.78 is 5.19. The Bertz CT molecular complexity index is 499. The number of nitrogens with two attached hydrogens (primary N) is 1. The second-order valence-corrected chi connectivity index (χ2v) is 4.32. The Balaban J connectivity index is 2.08. The molecule has 0 radical (unpaired) electrons. The summed E-state index contributed by atoms with van der Waals surface area (Å²) in [7, 11) is 0. The van der Waals surface area contributed by atoms with E-state index in [0.717, 1.165) is 12.6 Å². The Kier molecular flexibility index (Phi) is 3.91. The van der Waals surface area contributed by atoms with Crippen molar-refractivity contribution in [1.29, 1.82) is 0 Å². The third-order valence-corrected chi connectivity index (χ3v) is 2.92. The Morgan fingerprint density at radius 2 is 2.47 bits per heavy atom. The zero-order valence-electron chi connectivity index (χ0n) is 10.2. The van der Waals surface area contributed by atoms with Crippen LogP contribution in [-0.4, -0.2) is 35.6 Å². The van der Waals surface area contributed by atoms with Crippen LogP contribution in [0.25, 0.3) is 0 Å². The van der Waals surface area contributed by atoms with Crippen molar-refractivity contribution < 1.29 is 14.5 Å². The standard InChI is InChI=1S/C11H14N4O4/c12-10-3-8(9(5-13-10)15(17)18)11(16)14-4-7-1-2-19-6-7/h3,5,7H,1-2,4,6H2,(H2,12,13)(H,14,16). The number of nitrogens with zero attached hydrogens (tertiary/aromatic N) is 2. The lowest BCUT2D eigenvalue weighted by molar-refractivity contribution is -0.385. The van der Waals surface area contributed by atoms with E-state index >= 15 is 0 Å². The molecule has 1 atom stereocenters. The van der Waals surface area contributed by atoms with Gasteiger partial charge >= 0.3 is 0 Å². The first-order chi connectivity index (χ1) is 9.08. The molecule has 1 aliphatic rings. The van der Waals surface area contributed by atoms with Gasteiger partial charge in [0.1, 0.15) is 17.6 Å². The summed E-state index contributed by atoms with van der Waals surface area (Å²) in [5.74, 6) is -0.199. The van der Waals surface area contributed by atoms with Gasteiger partial charge in [0.2, 0.25) is 0 Å². The number of anilines is 1. The van der Waals surface area contributed by atoms with Gasteiger partial charge in [0.25, 0.3) is 11.6 Å². The molecule has 8 heteroatoms. The molecule has 8 nitrogen and oxygen atoms in total. The van der Waals surface area contributed by atoms with E-state index in [1.54, 1.807) is 0 Å². The van der Waals surface area contributed by atoms with Gasteiger partial charge in [0.05, 0.1) is 11.5 Å². The highest BCUT2D eigenvalue weighted by molar-refractivity contribution is 5.98. The lowest BCUT2D eigenvalue weighted by Crippen LogP contribution is -2.30. The van der Waals surface area contributed by atoms with Gasteiger partial charge in [-0.1, -0.05) is 0 Å². The first-order valence-electron chi connectivity index (χ1n) is 5.84. The molecular formula is C11H14N4O4. The van der Waals surface area contributed by atoms with Crippen LogP contribution in [0.1, 0.15) is 16.8 Å². The SMILES string of the molecule is Nc1cc(C(=O)NCC2CCOC2)c([N+](=O)[O-])cn1. The van der Waals surface area contributed by atoms with Gasteiger partial charge < -0.3 is 15.8 Å². The summed E-state index contributed by atoms with van der Waals surface area (Å²) in [6.07, 6.45) is 1.86. The minimum atomic E-state index is -0.653. The zero-order chi connectivity index (χ0) is 13.8. The van der Waals surface area contributed by atoms with E-state index in [0.29, 0.717) is 19.8 Å². The summed E-state index contributed by atoms with van der Waals surface area (Å²) in [6, 6.07) is 1.21. The third-order valence-electron chi connectivity index (χ3n) is 2.92. The molecule has 1 aromatic heterocycles. The van der Waals surface area contributed by atoms with Crippen molar-refractivity contribution in [2.45, 2.75) is 6.42 Å². The highest BCUT2D eigenvalue weighted by Crippen LogP contribution is 2.19. The summed E-state index contributed by atoms with van der Waals surface area (Å²) in [4.78, 5) is 25.7. The molecule has 0 bridgehead atoms. The summed E-state index contributed by atoms with van der Waals surface area (Å²) in [5, 5.41) is 13.5. The highest BCUT2D eigenvalue weighted by atomic mass is 16.6. The normalized spacial score (nSPS) is 18.2. The molecule has 0 spiro atoms. The summed E-state index contributed by atoms with van der Waals surface area (Å²) in [5.41, 5.74) is 5.02. The van der Waals surface area contributed by atoms with Crippen LogP contribution in [0.3, 0.4) is 0 Å². The minimum absolute atomic E-state index is 0.0694. The zero-order valence-corrected chi connectivity index (χ0v) is 10.2. The molecule has 19 heavy (non-hydrogen) atoms. The summed E-state index contributed by atoms with van der Waals surface area (Å²) in [6.45, 7) is 1.71. The molecule has 2 heterocycles. The van der Waals surface area contributed by atoms with E-state index in [4.69, 9.17) is 10.5 Å². The number of carbonyl (C=O) groups excluding carboxylic acids is 1. The average Bonchev–Trinajstić information content (AvgIpc) is 2.88. The van der Waals surface area contributed by atoms with Crippen molar-refractivity contribution in [2.24, 2.45) is 5.92 Å². The lowest BCUT2D eigenvalue weighted by Gasteiger charge is -2.09. The minimum Gasteiger partial charge on any atom is -0.384 e. The number of nitrogens with one attached hydrogen (secondary N) is 1. The maximum atomic E-state index is 11.9. The predicted molar refractivity (Wildman–Crippen MR) is 66.6 cm³/mol. The number of hydrogen-bond donors (Lipinski definition) is 2. The predicted octanol–water partition coefficient (Wildman–Crippen LogP) is 0.338. The Morgan fingerprint density at radius 3 is 3.11 bits per heavy atom. The second kappa shape index (κ2) is 5.61. The average molecular weight is 266 g/mol. The van der Waals surface area contributed by atoms with Crippen LogP contribution >= 0.6 is 0 Å². The molecule has 1 amide bonds. The third kappa shape index (κ3) is 3.16. The van der Waals surface area contributed by atoms with E-state index in [1.165, 1.54) is 6.07 Å². The van der Waals surface area contributed by atoms with E-state index in [1.807, 2.05) is 0 Å². The van der Waals surface area contributed by atoms with Crippen molar-refractivity contribution >= 4 is 17.4 Å². The number of ether oxygens (including phenoxy) is 1. The molecule has 0 aromatic carbocycles. The molecular weight excluding hydrogens is 252 g/mol. The van der Waals surface area contributed by atoms with E-state index in [9.17, 15) is 14.9 Å². The molecule has 0 aliphatic carbocycles. The van der Waals surface area contributed by atoms with Crippen molar-refractivity contribution in [3.8, 4) is 0 Å². The maximum Gasteiger partial charge on any atom is 0.300 e. The van der Waals surface area contributed by atoms with Gasteiger partial charge in [-0.05, 0) is 12.5 Å². The fourth-order valence-corrected chi connectivity index (χ4v) is 1.87. The smallest absolute Gasteiger partial charge is 0.300 e. The fraction of sp³-hybridized carbons (Fsp3) is 0.455. The highest BCUT2D eigenvalue weighted by Gasteiger charge is 2.23. The van der Waals surface area contributed by atoms with Gasteiger partial charge in [0.15, 0.2) is 0 Å². The Labute approximate surface area is 109 Å². The second-order valence-electron chi connectivity index (χ2n) is 4.32. The Hall–Kier alpha value is -2.22. The van der Waals surface area contributed by atoms with Crippen molar-refractivity contribution in [3.63, 3.8) is 0 Å². The fourth-order valence-electron chi connectivity index (χ4n) is 1.87. The van der Waals surface area contributed by atoms with Crippen molar-refractivity contribution in [1.82, 2.24) is 10.3 Å². The number of carbonyl (C=O) groups is 1. The number of nitro groups is 1. The molecule has 102 valence electrons. The summed E-state index contributed by atoms with van der Waals surface area (Å²) >= 11 is 0. The van der Waals surface area contributed by atoms with Crippen LogP contribution in [0, 0.1) is 16.0 Å². The number of hydrogen-bond acceptors (Lipinski definition) is 6. The van der Waals surface area contributed by atoms with Crippen LogP contribution in [0.5, 0.6) is 0 Å². The van der Waals surface area contributed by atoms with Crippen LogP contribution in [0.2, 0.25) is 0 Å². The largest absolute Gasteiger partial charge is 0.384 e. The number of aromatic nitrogens is 1. The number of pyridine rings is 1. The molecule has 1 aromatic rings. The maximum absolute atomic E-state index is 11.9. The quantitative estimate of drug-likeness (QED) is 0.598. The van der Waals surface area contributed by atoms with E-state index in [-0.39, 0.29) is 23.0 Å². The monoisotopic (exact) mass is 266 g/mol. The topological polar surface area (TPSA) is 120 Å². The van der Waals surface area contributed by atoms with Gasteiger partial charge in [-0.3, -0.25) is 14.9 Å². The van der Waals surface area contributed by atoms with Gasteiger partial charge in [-0.25, -0.2) is 4.98 Å². The molecule has 1 saturated heterocycles. The van der Waals surface area contributed by atoms with Crippen LogP contribution < -0.4 is 11.1 Å². The lowest BCUT2D eigenvalue weighted by atomic mass is 10.1. The first kappa shape index (κ1) is 13.2. The molecule has 3 N–H and O–H groups in total. The van der Waals surface area contributed by atoms with Gasteiger partial charge in [0, 0.05) is 19.1 Å². The Morgan fingerprint density at radius 1 is 1.68 bits per heavy atom. The molecule has 1 fully saturated rings. The van der Waals surface area contributed by atoms with E-state index < -0.39 is 10.8 Å². The molecule has 1 unspecified atom stereocenters. The molecule has 2 rings (SSSR count). The van der Waals surface area contributed by atoms with Crippen LogP contribution in [0.4, 0.5) is 11.5 Å².